The maximum Gasteiger partial charge on any atom is 0.339 e. The first-order chi connectivity index (χ1) is 8.08. The Morgan fingerprint density at radius 1 is 1.59 bits per heavy atom. The summed E-state index contributed by atoms with van der Waals surface area (Å²) < 4.78 is 3.18. The van der Waals surface area contributed by atoms with Crippen LogP contribution in [0.25, 0.3) is 0 Å². The van der Waals surface area contributed by atoms with Crippen LogP contribution in [0.15, 0.2) is 5.38 Å². The van der Waals surface area contributed by atoms with E-state index in [0.717, 1.165) is 23.0 Å². The molecule has 1 aromatic heterocycles. The van der Waals surface area contributed by atoms with E-state index >= 15 is 0 Å². The highest BCUT2D eigenvalue weighted by Crippen LogP contribution is 2.26. The highest BCUT2D eigenvalue weighted by molar-refractivity contribution is 7.96. The lowest BCUT2D eigenvalue weighted by Gasteiger charge is -2.12. The van der Waals surface area contributed by atoms with Gasteiger partial charge in [-0.1, -0.05) is 26.7 Å². The van der Waals surface area contributed by atoms with Crippen molar-refractivity contribution in [3.8, 4) is 0 Å². The van der Waals surface area contributed by atoms with Crippen molar-refractivity contribution in [3.63, 3.8) is 0 Å². The third-order valence-electron chi connectivity index (χ3n) is 2.45. The fourth-order valence-corrected chi connectivity index (χ4v) is 3.59. The fraction of sp³-hybridized carbons (Fsp3) is 0.600. The Bertz CT molecular complexity index is 407. The first-order valence-electron chi connectivity index (χ1n) is 5.43. The first kappa shape index (κ1) is 13.0. The molecule has 1 aromatic rings. The van der Waals surface area contributed by atoms with Crippen LogP contribution in [0, 0.1) is 0 Å². The molecule has 2 heterocycles. The average molecular weight is 289 g/mol. The van der Waals surface area contributed by atoms with Crippen molar-refractivity contribution in [1.29, 1.82) is 0 Å². The van der Waals surface area contributed by atoms with Crippen molar-refractivity contribution >= 4 is 42.1 Å². The van der Waals surface area contributed by atoms with Crippen LogP contribution < -0.4 is 0 Å². The van der Waals surface area contributed by atoms with Crippen LogP contribution >= 0.6 is 36.1 Å². The van der Waals surface area contributed by atoms with Gasteiger partial charge in [-0.2, -0.15) is 0 Å². The van der Waals surface area contributed by atoms with Gasteiger partial charge in [-0.05, 0) is 17.9 Å². The van der Waals surface area contributed by atoms with Gasteiger partial charge in [0.1, 0.15) is 5.01 Å². The molecule has 0 N–H and O–H groups in total. The van der Waals surface area contributed by atoms with Crippen molar-refractivity contribution in [2.45, 2.75) is 25.5 Å². The van der Waals surface area contributed by atoms with E-state index in [9.17, 15) is 4.79 Å². The summed E-state index contributed by atoms with van der Waals surface area (Å²) >= 11 is 7.25. The molecule has 2 amide bonds. The minimum Gasteiger partial charge on any atom is -0.268 e. The van der Waals surface area contributed by atoms with Crippen molar-refractivity contribution in [3.05, 3.63) is 16.1 Å². The van der Waals surface area contributed by atoms with Crippen LogP contribution in [-0.4, -0.2) is 32.7 Å². The van der Waals surface area contributed by atoms with Crippen LogP contribution in [-0.2, 0) is 5.75 Å². The zero-order valence-electron chi connectivity index (χ0n) is 9.79. The van der Waals surface area contributed by atoms with Crippen LogP contribution in [0.2, 0.25) is 0 Å². The summed E-state index contributed by atoms with van der Waals surface area (Å²) in [5.41, 5.74) is 1.13. The number of thiazole rings is 1. The zero-order chi connectivity index (χ0) is 12.4. The Hall–Kier alpha value is -0.400. The van der Waals surface area contributed by atoms with E-state index in [1.165, 1.54) is 16.3 Å². The van der Waals surface area contributed by atoms with E-state index in [-0.39, 0.29) is 6.03 Å². The number of thiol groups is 1. The minimum absolute atomic E-state index is 0.0287. The van der Waals surface area contributed by atoms with E-state index in [0.29, 0.717) is 12.5 Å². The summed E-state index contributed by atoms with van der Waals surface area (Å²) in [6.45, 7) is 5.68. The Kier molecular flexibility index (Phi) is 4.22. The van der Waals surface area contributed by atoms with Gasteiger partial charge in [-0.3, -0.25) is 8.61 Å². The largest absolute Gasteiger partial charge is 0.339 e. The third kappa shape index (κ3) is 3.08. The minimum atomic E-state index is -0.0287. The Morgan fingerprint density at radius 3 is 2.88 bits per heavy atom. The molecule has 0 aliphatic carbocycles. The van der Waals surface area contributed by atoms with E-state index in [2.05, 4.69) is 37.0 Å². The zero-order valence-corrected chi connectivity index (χ0v) is 12.3. The Labute approximate surface area is 115 Å². The van der Waals surface area contributed by atoms with Gasteiger partial charge in [-0.25, -0.2) is 9.78 Å². The molecule has 4 nitrogen and oxygen atoms in total. The number of carbonyl (C=O) groups is 1. The maximum absolute atomic E-state index is 11.6. The van der Waals surface area contributed by atoms with E-state index in [1.807, 2.05) is 0 Å². The van der Waals surface area contributed by atoms with Crippen LogP contribution in [0.1, 0.15) is 30.5 Å². The molecule has 0 spiro atoms. The van der Waals surface area contributed by atoms with Gasteiger partial charge in [0.05, 0.1) is 24.5 Å². The van der Waals surface area contributed by atoms with E-state index in [1.54, 1.807) is 15.6 Å². The Morgan fingerprint density at radius 2 is 2.35 bits per heavy atom. The number of hydrogen-bond donors (Lipinski definition) is 1. The number of carbonyl (C=O) groups excluding carboxylic acids is 1. The second kappa shape index (κ2) is 5.49. The molecule has 17 heavy (non-hydrogen) atoms. The van der Waals surface area contributed by atoms with Crippen LogP contribution in [0.4, 0.5) is 4.79 Å². The van der Waals surface area contributed by atoms with Crippen molar-refractivity contribution in [2.75, 3.05) is 13.1 Å². The normalized spacial score (nSPS) is 16.4. The lowest BCUT2D eigenvalue weighted by Crippen LogP contribution is -2.21. The van der Waals surface area contributed by atoms with Crippen LogP contribution in [0.5, 0.6) is 0 Å². The molecule has 94 valence electrons. The molecule has 1 aliphatic rings. The molecule has 0 radical (unpaired) electrons. The molecule has 1 saturated heterocycles. The summed E-state index contributed by atoms with van der Waals surface area (Å²) in [4.78, 5) is 16.1. The second-order valence-electron chi connectivity index (χ2n) is 4.10. The quantitative estimate of drug-likeness (QED) is 0.684. The van der Waals surface area contributed by atoms with Gasteiger partial charge in [-0.15, -0.1) is 11.3 Å². The number of amides is 2. The predicted octanol–water partition coefficient (Wildman–Crippen LogP) is 3.00. The molecule has 0 aromatic carbocycles. The number of urea groups is 1. The topological polar surface area (TPSA) is 36.4 Å². The summed E-state index contributed by atoms with van der Waals surface area (Å²) in [6.07, 6.45) is 0. The van der Waals surface area contributed by atoms with Crippen molar-refractivity contribution < 1.29 is 4.79 Å². The molecular weight excluding hydrogens is 274 g/mol. The first-order valence-corrected chi connectivity index (χ1v) is 7.65. The molecule has 2 rings (SSSR count). The standard InChI is InChI=1S/C10H15N3OS3/c1-7(2)8-5-16-9(11-8)6-17-13-4-3-12(15)10(13)14/h5,7,15H,3-4,6H2,1-2H3. The van der Waals surface area contributed by atoms with Gasteiger partial charge in [0.2, 0.25) is 0 Å². The fourth-order valence-electron chi connectivity index (χ4n) is 1.42. The van der Waals surface area contributed by atoms with Gasteiger partial charge >= 0.3 is 6.03 Å². The Balaban J connectivity index is 1.87. The summed E-state index contributed by atoms with van der Waals surface area (Å²) in [5.74, 6) is 1.22. The number of rotatable bonds is 4. The number of nitrogens with zero attached hydrogens (tertiary/aromatic N) is 3. The highest BCUT2D eigenvalue weighted by Gasteiger charge is 2.26. The van der Waals surface area contributed by atoms with Crippen LogP contribution in [0.3, 0.4) is 0 Å². The van der Waals surface area contributed by atoms with E-state index < -0.39 is 0 Å². The molecule has 0 atom stereocenters. The summed E-state index contributed by atoms with van der Waals surface area (Å²) in [6, 6.07) is -0.0287. The number of aromatic nitrogens is 1. The van der Waals surface area contributed by atoms with Crippen molar-refractivity contribution in [1.82, 2.24) is 13.6 Å². The summed E-state index contributed by atoms with van der Waals surface area (Å²) in [5, 5.41) is 3.17. The maximum atomic E-state index is 11.6. The molecule has 1 aliphatic heterocycles. The lowest BCUT2D eigenvalue weighted by atomic mass is 10.2. The van der Waals surface area contributed by atoms with E-state index in [4.69, 9.17) is 0 Å². The molecular formula is C10H15N3OS3. The molecule has 0 bridgehead atoms. The van der Waals surface area contributed by atoms with Gasteiger partial charge < -0.3 is 0 Å². The molecule has 1 fully saturated rings. The molecule has 0 unspecified atom stereocenters. The van der Waals surface area contributed by atoms with Gasteiger partial charge in [0.25, 0.3) is 0 Å². The monoisotopic (exact) mass is 289 g/mol. The highest BCUT2D eigenvalue weighted by atomic mass is 32.2. The smallest absolute Gasteiger partial charge is 0.268 e. The predicted molar refractivity (Wildman–Crippen MR) is 75.3 cm³/mol. The number of hydrogen-bond acceptors (Lipinski definition) is 5. The van der Waals surface area contributed by atoms with Gasteiger partial charge in [0, 0.05) is 5.38 Å². The molecule has 0 saturated carbocycles. The lowest BCUT2D eigenvalue weighted by molar-refractivity contribution is 0.228. The third-order valence-corrected chi connectivity index (χ3v) is 4.93. The van der Waals surface area contributed by atoms with Crippen molar-refractivity contribution in [2.24, 2.45) is 0 Å². The molecule has 7 heteroatoms. The summed E-state index contributed by atoms with van der Waals surface area (Å²) in [7, 11) is 0. The second-order valence-corrected chi connectivity index (χ2v) is 6.52. The van der Waals surface area contributed by atoms with Gasteiger partial charge in [0.15, 0.2) is 0 Å². The average Bonchev–Trinajstić information content (AvgIpc) is 2.86. The SMILES string of the molecule is CC(C)c1csc(CSN2CCN(S)C2=O)n1.